The van der Waals surface area contributed by atoms with Gasteiger partial charge in [-0.1, -0.05) is 43.6 Å². The van der Waals surface area contributed by atoms with Crippen molar-refractivity contribution in [3.05, 3.63) is 34.9 Å². The number of amides is 1. The first-order valence-electron chi connectivity index (χ1n) is 7.69. The van der Waals surface area contributed by atoms with Crippen molar-refractivity contribution in [1.29, 1.82) is 0 Å². The molecule has 0 radical (unpaired) electrons. The molecule has 0 aliphatic rings. The molecule has 0 aromatic heterocycles. The SMILES string of the molecule is CC(NC(=O)CCC(CCN)C(C)C)c1ccccc1Cl. The van der Waals surface area contributed by atoms with E-state index >= 15 is 0 Å². The van der Waals surface area contributed by atoms with Crippen molar-refractivity contribution in [3.8, 4) is 0 Å². The van der Waals surface area contributed by atoms with E-state index in [1.165, 1.54) is 0 Å². The lowest BCUT2D eigenvalue weighted by molar-refractivity contribution is -0.122. The van der Waals surface area contributed by atoms with Gasteiger partial charge in [-0.05, 0) is 49.8 Å². The molecule has 1 aromatic rings. The summed E-state index contributed by atoms with van der Waals surface area (Å²) in [6.45, 7) is 7.01. The van der Waals surface area contributed by atoms with E-state index in [1.54, 1.807) is 0 Å². The van der Waals surface area contributed by atoms with E-state index < -0.39 is 0 Å². The Kier molecular flexibility index (Phi) is 7.76. The van der Waals surface area contributed by atoms with Gasteiger partial charge in [-0.3, -0.25) is 4.79 Å². The molecule has 21 heavy (non-hydrogen) atoms. The van der Waals surface area contributed by atoms with Gasteiger partial charge in [-0.2, -0.15) is 0 Å². The average molecular weight is 311 g/mol. The zero-order valence-corrected chi connectivity index (χ0v) is 14.0. The van der Waals surface area contributed by atoms with Crippen LogP contribution in [0.3, 0.4) is 0 Å². The van der Waals surface area contributed by atoms with Gasteiger partial charge in [-0.15, -0.1) is 0 Å². The highest BCUT2D eigenvalue weighted by molar-refractivity contribution is 6.31. The molecule has 1 aromatic carbocycles. The third kappa shape index (κ3) is 6.06. The molecule has 0 fully saturated rings. The van der Waals surface area contributed by atoms with Crippen LogP contribution in [-0.4, -0.2) is 12.5 Å². The molecule has 0 aliphatic heterocycles. The maximum Gasteiger partial charge on any atom is 0.220 e. The third-order valence-electron chi connectivity index (χ3n) is 3.97. The van der Waals surface area contributed by atoms with Crippen molar-refractivity contribution < 1.29 is 4.79 Å². The van der Waals surface area contributed by atoms with Crippen LogP contribution in [0.5, 0.6) is 0 Å². The highest BCUT2D eigenvalue weighted by atomic mass is 35.5. The topological polar surface area (TPSA) is 55.1 Å². The Morgan fingerprint density at radius 1 is 1.24 bits per heavy atom. The fourth-order valence-corrected chi connectivity index (χ4v) is 2.86. The van der Waals surface area contributed by atoms with Gasteiger partial charge in [0.15, 0.2) is 0 Å². The summed E-state index contributed by atoms with van der Waals surface area (Å²) in [7, 11) is 0. The van der Waals surface area contributed by atoms with Crippen LogP contribution in [0.1, 0.15) is 51.6 Å². The van der Waals surface area contributed by atoms with Crippen LogP contribution in [0.2, 0.25) is 5.02 Å². The molecule has 118 valence electrons. The molecule has 0 bridgehead atoms. The number of carbonyl (C=O) groups is 1. The molecule has 1 rings (SSSR count). The Morgan fingerprint density at radius 2 is 1.90 bits per heavy atom. The van der Waals surface area contributed by atoms with Crippen molar-refractivity contribution in [2.24, 2.45) is 17.6 Å². The Bertz CT molecular complexity index is 448. The lowest BCUT2D eigenvalue weighted by Gasteiger charge is -2.21. The zero-order valence-electron chi connectivity index (χ0n) is 13.2. The molecular formula is C17H27ClN2O. The van der Waals surface area contributed by atoms with Gasteiger partial charge in [0.2, 0.25) is 5.91 Å². The summed E-state index contributed by atoms with van der Waals surface area (Å²) in [6, 6.07) is 7.53. The molecule has 0 spiro atoms. The summed E-state index contributed by atoms with van der Waals surface area (Å²) in [4.78, 5) is 12.1. The number of hydrogen-bond donors (Lipinski definition) is 2. The van der Waals surface area contributed by atoms with E-state index in [2.05, 4.69) is 19.2 Å². The molecular weight excluding hydrogens is 284 g/mol. The Morgan fingerprint density at radius 3 is 2.48 bits per heavy atom. The number of rotatable bonds is 8. The van der Waals surface area contributed by atoms with Crippen LogP contribution in [0.15, 0.2) is 24.3 Å². The highest BCUT2D eigenvalue weighted by Crippen LogP contribution is 2.23. The summed E-state index contributed by atoms with van der Waals surface area (Å²) in [5.74, 6) is 1.14. The summed E-state index contributed by atoms with van der Waals surface area (Å²) in [5, 5.41) is 3.71. The maximum absolute atomic E-state index is 12.1. The fourth-order valence-electron chi connectivity index (χ4n) is 2.56. The number of nitrogens with two attached hydrogens (primary N) is 1. The molecule has 3 nitrogen and oxygen atoms in total. The van der Waals surface area contributed by atoms with Crippen LogP contribution in [0.25, 0.3) is 0 Å². The van der Waals surface area contributed by atoms with Crippen molar-refractivity contribution in [2.75, 3.05) is 6.54 Å². The van der Waals surface area contributed by atoms with Gasteiger partial charge >= 0.3 is 0 Å². The van der Waals surface area contributed by atoms with Crippen molar-refractivity contribution in [2.45, 2.75) is 46.1 Å². The van der Waals surface area contributed by atoms with Crippen LogP contribution in [-0.2, 0) is 4.79 Å². The standard InChI is InChI=1S/C17H27ClN2O/c1-12(2)14(10-11-19)8-9-17(21)20-13(3)15-6-4-5-7-16(15)18/h4-7,12-14H,8-11,19H2,1-3H3,(H,20,21). The lowest BCUT2D eigenvalue weighted by Crippen LogP contribution is -2.27. The lowest BCUT2D eigenvalue weighted by atomic mass is 9.88. The predicted molar refractivity (Wildman–Crippen MR) is 89.2 cm³/mol. The number of nitrogens with one attached hydrogen (secondary N) is 1. The predicted octanol–water partition coefficient (Wildman–Crippen LogP) is 3.92. The number of carbonyl (C=O) groups excluding carboxylic acids is 1. The molecule has 0 saturated heterocycles. The summed E-state index contributed by atoms with van der Waals surface area (Å²) in [6.07, 6.45) is 2.40. The molecule has 4 heteroatoms. The molecule has 2 atom stereocenters. The highest BCUT2D eigenvalue weighted by Gasteiger charge is 2.16. The van der Waals surface area contributed by atoms with E-state index in [4.69, 9.17) is 17.3 Å². The largest absolute Gasteiger partial charge is 0.350 e. The van der Waals surface area contributed by atoms with Crippen LogP contribution in [0, 0.1) is 11.8 Å². The normalized spacial score (nSPS) is 14.0. The summed E-state index contributed by atoms with van der Waals surface area (Å²) in [5.41, 5.74) is 6.59. The summed E-state index contributed by atoms with van der Waals surface area (Å²) >= 11 is 6.15. The fraction of sp³-hybridized carbons (Fsp3) is 0.588. The van der Waals surface area contributed by atoms with Gasteiger partial charge in [0.25, 0.3) is 0 Å². The second-order valence-corrected chi connectivity index (χ2v) is 6.34. The molecule has 1 amide bonds. The molecule has 0 heterocycles. The number of benzene rings is 1. The molecule has 3 N–H and O–H groups in total. The van der Waals surface area contributed by atoms with Gasteiger partial charge in [-0.25, -0.2) is 0 Å². The number of halogens is 1. The molecule has 0 saturated carbocycles. The smallest absolute Gasteiger partial charge is 0.220 e. The first-order valence-corrected chi connectivity index (χ1v) is 8.07. The second kappa shape index (κ2) is 9.06. The maximum atomic E-state index is 12.1. The van der Waals surface area contributed by atoms with Gasteiger partial charge in [0.1, 0.15) is 0 Å². The Labute approximate surface area is 133 Å². The van der Waals surface area contributed by atoms with Crippen LogP contribution in [0.4, 0.5) is 0 Å². The third-order valence-corrected chi connectivity index (χ3v) is 4.32. The van der Waals surface area contributed by atoms with E-state index in [-0.39, 0.29) is 11.9 Å². The van der Waals surface area contributed by atoms with Gasteiger partial charge < -0.3 is 11.1 Å². The minimum atomic E-state index is -0.0711. The quantitative estimate of drug-likeness (QED) is 0.764. The molecule has 0 aliphatic carbocycles. The van der Waals surface area contributed by atoms with E-state index in [1.807, 2.05) is 31.2 Å². The Balaban J connectivity index is 2.48. The average Bonchev–Trinajstić information content (AvgIpc) is 2.43. The van der Waals surface area contributed by atoms with Gasteiger partial charge in [0, 0.05) is 11.4 Å². The van der Waals surface area contributed by atoms with E-state index in [0.29, 0.717) is 29.8 Å². The number of hydrogen-bond acceptors (Lipinski definition) is 2. The summed E-state index contributed by atoms with van der Waals surface area (Å²) < 4.78 is 0. The monoisotopic (exact) mass is 310 g/mol. The van der Waals surface area contributed by atoms with Crippen LogP contribution >= 0.6 is 11.6 Å². The van der Waals surface area contributed by atoms with E-state index in [0.717, 1.165) is 18.4 Å². The van der Waals surface area contributed by atoms with Crippen molar-refractivity contribution in [3.63, 3.8) is 0 Å². The van der Waals surface area contributed by atoms with Crippen molar-refractivity contribution in [1.82, 2.24) is 5.32 Å². The molecule has 2 unspecified atom stereocenters. The Hall–Kier alpha value is -1.06. The first kappa shape index (κ1) is 18.0. The van der Waals surface area contributed by atoms with E-state index in [9.17, 15) is 4.79 Å². The minimum absolute atomic E-state index is 0.0711. The van der Waals surface area contributed by atoms with Crippen LogP contribution < -0.4 is 11.1 Å². The zero-order chi connectivity index (χ0) is 15.8. The minimum Gasteiger partial charge on any atom is -0.350 e. The van der Waals surface area contributed by atoms with Crippen molar-refractivity contribution >= 4 is 17.5 Å². The van der Waals surface area contributed by atoms with Gasteiger partial charge in [0.05, 0.1) is 6.04 Å². The second-order valence-electron chi connectivity index (χ2n) is 5.93. The first-order chi connectivity index (χ1) is 9.95.